The van der Waals surface area contributed by atoms with Gasteiger partial charge in [-0.3, -0.25) is 4.90 Å². The Morgan fingerprint density at radius 1 is 1.24 bits per heavy atom. The second kappa shape index (κ2) is 4.74. The molecule has 1 N–H and O–H groups in total. The first-order valence-electron chi connectivity index (χ1n) is 6.04. The van der Waals surface area contributed by atoms with E-state index in [9.17, 15) is 18.3 Å². The molecule has 0 aliphatic carbocycles. The molecule has 100 valence electrons. The minimum absolute atomic E-state index is 0.155. The topological polar surface area (TPSA) is 26.7 Å². The van der Waals surface area contributed by atoms with Crippen molar-refractivity contribution in [3.05, 3.63) is 0 Å². The third-order valence-corrected chi connectivity index (χ3v) is 3.70. The van der Waals surface area contributed by atoms with Crippen LogP contribution >= 0.6 is 0 Å². The summed E-state index contributed by atoms with van der Waals surface area (Å²) in [6.07, 6.45) is -4.59. The number of alkyl halides is 3. The predicted octanol–water partition coefficient (Wildman–Crippen LogP) is 1.08. The molecule has 0 spiro atoms. The average Bonchev–Trinajstić information content (AvgIpc) is 2.42. The number of hydrogen-bond donors (Lipinski definition) is 1. The van der Waals surface area contributed by atoms with E-state index in [4.69, 9.17) is 0 Å². The highest BCUT2D eigenvalue weighted by Gasteiger charge is 2.40. The number of likely N-dealkylation sites (N-methyl/N-ethyl adjacent to an activating group) is 1. The van der Waals surface area contributed by atoms with Crippen molar-refractivity contribution in [3.63, 3.8) is 0 Å². The fourth-order valence-electron chi connectivity index (χ4n) is 3.07. The third kappa shape index (κ3) is 3.33. The summed E-state index contributed by atoms with van der Waals surface area (Å²) in [4.78, 5) is 4.28. The molecule has 2 aliphatic heterocycles. The molecule has 2 aliphatic rings. The van der Waals surface area contributed by atoms with Crippen LogP contribution in [-0.2, 0) is 0 Å². The van der Waals surface area contributed by atoms with Crippen molar-refractivity contribution in [1.82, 2.24) is 9.80 Å². The average molecular weight is 252 g/mol. The first-order valence-corrected chi connectivity index (χ1v) is 6.04. The Balaban J connectivity index is 1.87. The molecule has 0 saturated carbocycles. The maximum Gasteiger partial charge on any atom is 0.391 e. The van der Waals surface area contributed by atoms with Crippen LogP contribution in [0.4, 0.5) is 13.2 Å². The molecule has 3 unspecified atom stereocenters. The van der Waals surface area contributed by atoms with Crippen LogP contribution in [0.5, 0.6) is 0 Å². The van der Waals surface area contributed by atoms with Crippen molar-refractivity contribution >= 4 is 0 Å². The number of aliphatic hydroxyl groups excluding tert-OH is 1. The second-order valence-corrected chi connectivity index (χ2v) is 5.28. The van der Waals surface area contributed by atoms with E-state index in [0.29, 0.717) is 12.1 Å². The number of aliphatic hydroxyl groups is 1. The number of fused-ring (bicyclic) bond motifs is 2. The van der Waals surface area contributed by atoms with Crippen LogP contribution in [0, 0.1) is 0 Å². The van der Waals surface area contributed by atoms with Crippen molar-refractivity contribution in [2.24, 2.45) is 0 Å². The normalized spacial score (nSPS) is 33.0. The summed E-state index contributed by atoms with van der Waals surface area (Å²) in [5.74, 6) is 0. The number of halogens is 3. The van der Waals surface area contributed by atoms with E-state index in [1.807, 2.05) is 7.05 Å². The molecule has 0 radical (unpaired) electrons. The van der Waals surface area contributed by atoms with Crippen molar-refractivity contribution in [3.8, 4) is 0 Å². The van der Waals surface area contributed by atoms with Gasteiger partial charge in [0.15, 0.2) is 0 Å². The van der Waals surface area contributed by atoms with Gasteiger partial charge in [0.25, 0.3) is 0 Å². The summed E-state index contributed by atoms with van der Waals surface area (Å²) < 4.78 is 36.4. The highest BCUT2D eigenvalue weighted by molar-refractivity contribution is 4.95. The van der Waals surface area contributed by atoms with Gasteiger partial charge in [0.1, 0.15) is 0 Å². The largest absolute Gasteiger partial charge is 0.391 e. The van der Waals surface area contributed by atoms with E-state index in [1.54, 1.807) is 0 Å². The van der Waals surface area contributed by atoms with E-state index >= 15 is 0 Å². The van der Waals surface area contributed by atoms with Crippen LogP contribution < -0.4 is 0 Å². The highest BCUT2D eigenvalue weighted by atomic mass is 19.4. The smallest absolute Gasteiger partial charge is 0.391 e. The van der Waals surface area contributed by atoms with Crippen molar-refractivity contribution in [1.29, 1.82) is 0 Å². The van der Waals surface area contributed by atoms with E-state index < -0.39 is 18.7 Å². The number of rotatable bonds is 3. The maximum absolute atomic E-state index is 12.1. The first kappa shape index (κ1) is 13.1. The number of hydrogen-bond acceptors (Lipinski definition) is 3. The molecule has 3 nitrogen and oxygen atoms in total. The standard InChI is InChI=1S/C11H19F3N2O/c1-15-5-8-2-3-9(6-15)16(8)7-10(17)4-11(12,13)14/h8-10,17H,2-7H2,1H3. The SMILES string of the molecule is CN1CC2CCC(C1)N2CC(O)CC(F)(F)F. The van der Waals surface area contributed by atoms with Crippen LogP contribution in [0.25, 0.3) is 0 Å². The van der Waals surface area contributed by atoms with Crippen LogP contribution in [0.15, 0.2) is 0 Å². The van der Waals surface area contributed by atoms with E-state index in [-0.39, 0.29) is 6.54 Å². The first-order chi connectivity index (χ1) is 7.85. The van der Waals surface area contributed by atoms with Gasteiger partial charge in [-0.05, 0) is 19.9 Å². The lowest BCUT2D eigenvalue weighted by molar-refractivity contribution is -0.156. The zero-order valence-corrected chi connectivity index (χ0v) is 9.95. The van der Waals surface area contributed by atoms with Crippen LogP contribution in [0.2, 0.25) is 0 Å². The summed E-state index contributed by atoms with van der Waals surface area (Å²) in [5.41, 5.74) is 0. The van der Waals surface area contributed by atoms with Crippen molar-refractivity contribution in [2.75, 3.05) is 26.7 Å². The molecule has 17 heavy (non-hydrogen) atoms. The quantitative estimate of drug-likeness (QED) is 0.814. The molecule has 6 heteroatoms. The molecule has 2 bridgehead atoms. The molecule has 0 amide bonds. The molecule has 3 atom stereocenters. The van der Waals surface area contributed by atoms with Crippen LogP contribution in [0.1, 0.15) is 19.3 Å². The lowest BCUT2D eigenvalue weighted by Gasteiger charge is -2.40. The number of piperazine rings is 1. The Hall–Kier alpha value is -0.330. The van der Waals surface area contributed by atoms with E-state index in [1.165, 1.54) is 0 Å². The van der Waals surface area contributed by atoms with Gasteiger partial charge in [0.05, 0.1) is 12.5 Å². The Morgan fingerprint density at radius 3 is 2.24 bits per heavy atom. The minimum atomic E-state index is -4.27. The molecule has 2 rings (SSSR count). The lowest BCUT2D eigenvalue weighted by atomic mass is 10.1. The molecule has 2 fully saturated rings. The zero-order chi connectivity index (χ0) is 12.6. The van der Waals surface area contributed by atoms with Gasteiger partial charge in [-0.2, -0.15) is 13.2 Å². The lowest BCUT2D eigenvalue weighted by Crippen LogP contribution is -2.54. The zero-order valence-electron chi connectivity index (χ0n) is 9.95. The van der Waals surface area contributed by atoms with Crippen molar-refractivity contribution in [2.45, 2.75) is 43.6 Å². The van der Waals surface area contributed by atoms with Gasteiger partial charge in [0.2, 0.25) is 0 Å². The van der Waals surface area contributed by atoms with Gasteiger partial charge in [-0.1, -0.05) is 0 Å². The van der Waals surface area contributed by atoms with Crippen LogP contribution in [-0.4, -0.2) is 66.0 Å². The van der Waals surface area contributed by atoms with E-state index in [2.05, 4.69) is 9.80 Å². The summed E-state index contributed by atoms with van der Waals surface area (Å²) in [6, 6.07) is 0.642. The molecule has 0 aromatic heterocycles. The summed E-state index contributed by atoms with van der Waals surface area (Å²) in [5, 5.41) is 9.49. The fraction of sp³-hybridized carbons (Fsp3) is 1.00. The number of likely N-dealkylation sites (tertiary alicyclic amines) is 1. The monoisotopic (exact) mass is 252 g/mol. The van der Waals surface area contributed by atoms with E-state index in [0.717, 1.165) is 25.9 Å². The van der Waals surface area contributed by atoms with Gasteiger partial charge in [-0.25, -0.2) is 0 Å². The highest BCUT2D eigenvalue weighted by Crippen LogP contribution is 2.30. The maximum atomic E-state index is 12.1. The molecule has 0 aromatic carbocycles. The number of nitrogens with zero attached hydrogens (tertiary/aromatic N) is 2. The summed E-state index contributed by atoms with van der Waals surface area (Å²) >= 11 is 0. The molecular weight excluding hydrogens is 233 g/mol. The Kier molecular flexibility index (Phi) is 3.66. The summed E-state index contributed by atoms with van der Waals surface area (Å²) in [6.45, 7) is 1.95. The second-order valence-electron chi connectivity index (χ2n) is 5.28. The fourth-order valence-corrected chi connectivity index (χ4v) is 3.07. The molecular formula is C11H19F3N2O. The van der Waals surface area contributed by atoms with Gasteiger partial charge >= 0.3 is 6.18 Å². The van der Waals surface area contributed by atoms with Gasteiger partial charge < -0.3 is 10.0 Å². The molecule has 0 aromatic rings. The van der Waals surface area contributed by atoms with Crippen molar-refractivity contribution < 1.29 is 18.3 Å². The Morgan fingerprint density at radius 2 is 1.76 bits per heavy atom. The Bertz CT molecular complexity index is 258. The molecule has 2 saturated heterocycles. The minimum Gasteiger partial charge on any atom is -0.391 e. The molecule has 2 heterocycles. The summed E-state index contributed by atoms with van der Waals surface area (Å²) in [7, 11) is 2.04. The predicted molar refractivity (Wildman–Crippen MR) is 57.7 cm³/mol. The van der Waals surface area contributed by atoms with Crippen LogP contribution in [0.3, 0.4) is 0 Å². The Labute approximate surface area is 99.2 Å². The third-order valence-electron chi connectivity index (χ3n) is 3.70. The van der Waals surface area contributed by atoms with Gasteiger partial charge in [-0.15, -0.1) is 0 Å². The van der Waals surface area contributed by atoms with Gasteiger partial charge in [0, 0.05) is 31.7 Å².